The van der Waals surface area contributed by atoms with Crippen LogP contribution in [0.15, 0.2) is 57.9 Å². The van der Waals surface area contributed by atoms with Gasteiger partial charge in [0, 0.05) is 17.8 Å². The summed E-state index contributed by atoms with van der Waals surface area (Å²) in [6.45, 7) is 2.39. The van der Waals surface area contributed by atoms with Crippen LogP contribution in [0, 0.1) is 16.7 Å². The third-order valence-corrected chi connectivity index (χ3v) is 7.19. The molecule has 32 heavy (non-hydrogen) atoms. The summed E-state index contributed by atoms with van der Waals surface area (Å²) in [5, 5.41) is 25.3. The summed E-state index contributed by atoms with van der Waals surface area (Å²) in [7, 11) is 1.77. The van der Waals surface area contributed by atoms with E-state index in [0.717, 1.165) is 12.0 Å². The zero-order chi connectivity index (χ0) is 22.7. The number of carbonyl (C=O) groups is 1. The summed E-state index contributed by atoms with van der Waals surface area (Å²) in [6, 6.07) is 14.8. The van der Waals surface area contributed by atoms with Gasteiger partial charge in [-0.15, -0.1) is 0 Å². The Kier molecular flexibility index (Phi) is 4.48. The van der Waals surface area contributed by atoms with Crippen molar-refractivity contribution in [2.45, 2.75) is 31.4 Å². The van der Waals surface area contributed by atoms with Crippen LogP contribution in [-0.2, 0) is 16.8 Å². The van der Waals surface area contributed by atoms with E-state index < -0.39 is 17.1 Å². The number of anilines is 1. The molecule has 1 amide bonds. The van der Waals surface area contributed by atoms with Gasteiger partial charge in [0.05, 0.1) is 17.0 Å². The maximum absolute atomic E-state index is 13.4. The van der Waals surface area contributed by atoms with Crippen molar-refractivity contribution < 1.29 is 14.3 Å². The largest absolute Gasteiger partial charge is 0.464 e. The minimum Gasteiger partial charge on any atom is -0.464 e. The first-order valence-electron chi connectivity index (χ1n) is 10.7. The molecule has 5 rings (SSSR count). The molecule has 1 aromatic heterocycles. The molecule has 0 bridgehead atoms. The van der Waals surface area contributed by atoms with Crippen molar-refractivity contribution in [2.75, 3.05) is 18.9 Å². The molecular weight excluding hydrogens is 406 g/mol. The van der Waals surface area contributed by atoms with Crippen LogP contribution in [0.25, 0.3) is 11.0 Å². The molecule has 7 nitrogen and oxygen atoms in total. The molecule has 2 aliphatic heterocycles. The first-order valence-corrected chi connectivity index (χ1v) is 10.7. The second kappa shape index (κ2) is 7.02. The normalized spacial score (nSPS) is 25.6. The number of aliphatic hydroxyl groups is 1. The Labute approximate surface area is 184 Å². The third kappa shape index (κ3) is 2.36. The molecule has 0 saturated carbocycles. The maximum Gasteiger partial charge on any atom is 0.251 e. The smallest absolute Gasteiger partial charge is 0.251 e. The van der Waals surface area contributed by atoms with Gasteiger partial charge in [-0.25, -0.2) is 0 Å². The van der Waals surface area contributed by atoms with Crippen molar-refractivity contribution in [3.8, 4) is 6.07 Å². The van der Waals surface area contributed by atoms with E-state index in [4.69, 9.17) is 4.42 Å². The van der Waals surface area contributed by atoms with E-state index >= 15 is 0 Å². The molecule has 2 aromatic carbocycles. The Morgan fingerprint density at radius 3 is 2.81 bits per heavy atom. The molecule has 3 heterocycles. The number of para-hydroxylation sites is 1. The van der Waals surface area contributed by atoms with E-state index in [2.05, 4.69) is 11.4 Å². The Morgan fingerprint density at radius 2 is 2.06 bits per heavy atom. The molecule has 0 unspecified atom stereocenters. The molecule has 2 aliphatic rings. The van der Waals surface area contributed by atoms with Crippen LogP contribution in [0.3, 0.4) is 0 Å². The summed E-state index contributed by atoms with van der Waals surface area (Å²) in [4.78, 5) is 28.7. The maximum atomic E-state index is 13.4. The average molecular weight is 429 g/mol. The summed E-state index contributed by atoms with van der Waals surface area (Å²) in [5.74, 6) is -0.377. The molecule has 162 valence electrons. The Hall–Kier alpha value is -3.47. The van der Waals surface area contributed by atoms with Gasteiger partial charge in [-0.3, -0.25) is 14.5 Å². The van der Waals surface area contributed by atoms with E-state index in [1.165, 1.54) is 6.26 Å². The monoisotopic (exact) mass is 429 g/mol. The lowest BCUT2D eigenvalue weighted by molar-refractivity contribution is -0.134. The number of nitrogens with one attached hydrogen (secondary N) is 1. The first-order chi connectivity index (χ1) is 15.4. The first kappa shape index (κ1) is 20.4. The van der Waals surface area contributed by atoms with Crippen LogP contribution in [0.4, 0.5) is 5.69 Å². The van der Waals surface area contributed by atoms with Gasteiger partial charge >= 0.3 is 0 Å². The van der Waals surface area contributed by atoms with Crippen LogP contribution in [0.5, 0.6) is 0 Å². The van der Waals surface area contributed by atoms with Gasteiger partial charge in [0.2, 0.25) is 0 Å². The Bertz CT molecular complexity index is 1360. The summed E-state index contributed by atoms with van der Waals surface area (Å²) in [5.41, 5.74) is -0.795. The summed E-state index contributed by atoms with van der Waals surface area (Å²) >= 11 is 0. The Balaban J connectivity index is 1.75. The fourth-order valence-corrected chi connectivity index (χ4v) is 5.50. The minimum atomic E-state index is -1.58. The van der Waals surface area contributed by atoms with Crippen molar-refractivity contribution >= 4 is 22.6 Å². The average Bonchev–Trinajstić information content (AvgIpc) is 3.29. The molecule has 2 N–H and O–H groups in total. The van der Waals surface area contributed by atoms with Gasteiger partial charge in [0.1, 0.15) is 28.9 Å². The molecule has 1 spiro atoms. The van der Waals surface area contributed by atoms with Gasteiger partial charge in [0.15, 0.2) is 5.43 Å². The van der Waals surface area contributed by atoms with Crippen molar-refractivity contribution in [3.63, 3.8) is 0 Å². The van der Waals surface area contributed by atoms with Crippen molar-refractivity contribution in [1.29, 1.82) is 5.26 Å². The van der Waals surface area contributed by atoms with Crippen molar-refractivity contribution in [2.24, 2.45) is 5.41 Å². The minimum absolute atomic E-state index is 0.0147. The molecular formula is C25H23N3O4. The predicted octanol–water partition coefficient (Wildman–Crippen LogP) is 3.08. The number of benzene rings is 2. The van der Waals surface area contributed by atoms with Gasteiger partial charge in [-0.05, 0) is 43.7 Å². The van der Waals surface area contributed by atoms with Crippen LogP contribution in [0.1, 0.15) is 36.1 Å². The van der Waals surface area contributed by atoms with Crippen LogP contribution in [-0.4, -0.2) is 29.5 Å². The topological polar surface area (TPSA) is 107 Å². The van der Waals surface area contributed by atoms with Gasteiger partial charge in [-0.2, -0.15) is 5.26 Å². The second-order valence-corrected chi connectivity index (χ2v) is 8.57. The van der Waals surface area contributed by atoms with E-state index in [-0.39, 0.29) is 23.3 Å². The quantitative estimate of drug-likeness (QED) is 0.663. The number of rotatable bonds is 3. The number of hydrogen-bond donors (Lipinski definition) is 2. The van der Waals surface area contributed by atoms with Gasteiger partial charge < -0.3 is 14.8 Å². The van der Waals surface area contributed by atoms with E-state index in [1.54, 1.807) is 48.3 Å². The summed E-state index contributed by atoms with van der Waals surface area (Å²) < 4.78 is 5.68. The number of nitrogens with zero attached hydrogens (tertiary/aromatic N) is 2. The van der Waals surface area contributed by atoms with Crippen LogP contribution in [0.2, 0.25) is 0 Å². The fraction of sp³-hybridized carbons (Fsp3) is 0.320. The van der Waals surface area contributed by atoms with Gasteiger partial charge in [0.25, 0.3) is 5.91 Å². The lowest BCUT2D eigenvalue weighted by Crippen LogP contribution is -2.56. The number of aryl methyl sites for hydroxylation is 1. The predicted molar refractivity (Wildman–Crippen MR) is 119 cm³/mol. The molecule has 3 atom stereocenters. The van der Waals surface area contributed by atoms with E-state index in [0.29, 0.717) is 28.8 Å². The lowest BCUT2D eigenvalue weighted by Gasteiger charge is -2.42. The zero-order valence-corrected chi connectivity index (χ0v) is 17.9. The Morgan fingerprint density at radius 1 is 1.28 bits per heavy atom. The number of hydrogen-bond acceptors (Lipinski definition) is 6. The molecule has 7 heteroatoms. The fourth-order valence-electron chi connectivity index (χ4n) is 5.50. The number of nitriles is 1. The van der Waals surface area contributed by atoms with Crippen LogP contribution >= 0.6 is 0 Å². The molecule has 1 saturated heterocycles. The highest BCUT2D eigenvalue weighted by atomic mass is 16.3. The number of aliphatic hydroxyl groups excluding tert-OH is 1. The second-order valence-electron chi connectivity index (χ2n) is 8.57. The highest BCUT2D eigenvalue weighted by Crippen LogP contribution is 2.61. The number of amides is 1. The molecule has 1 fully saturated rings. The number of fused-ring (bicyclic) bond motifs is 3. The summed E-state index contributed by atoms with van der Waals surface area (Å²) in [6.07, 6.45) is 0.662. The lowest BCUT2D eigenvalue weighted by atomic mass is 9.63. The highest BCUT2D eigenvalue weighted by molar-refractivity contribution is 6.07. The molecule has 3 aromatic rings. The standard InChI is InChI=1S/C25H23N3O4/c1-3-15-8-9-20-16(12-15)21(29)17(13-32-20)22(30)24(14-26)10-11-28(2)25(24)18-6-4-5-7-19(18)27-23(25)31/h4-9,12-13,22,30H,3,10-11H2,1-2H3,(H,27,31)/t22-,24+,25+/m1/s1. The SMILES string of the molecule is CCc1ccc2occ([C@@H](O)[C@@]3(C#N)CCN(C)[C@@]34C(=O)Nc3ccccc34)c(=O)c2c1. The number of carbonyl (C=O) groups excluding carboxylic acids is 1. The van der Waals surface area contributed by atoms with Crippen molar-refractivity contribution in [1.82, 2.24) is 4.90 Å². The van der Waals surface area contributed by atoms with E-state index in [1.807, 2.05) is 13.0 Å². The zero-order valence-electron chi connectivity index (χ0n) is 17.9. The third-order valence-electron chi connectivity index (χ3n) is 7.19. The molecule has 0 radical (unpaired) electrons. The van der Waals surface area contributed by atoms with Crippen molar-refractivity contribution in [3.05, 3.63) is 75.6 Å². The number of likely N-dealkylation sites (N-methyl/N-ethyl adjacent to an activating group) is 1. The molecule has 0 aliphatic carbocycles. The van der Waals surface area contributed by atoms with Gasteiger partial charge in [-0.1, -0.05) is 31.2 Å². The highest BCUT2D eigenvalue weighted by Gasteiger charge is 2.70. The van der Waals surface area contributed by atoms with E-state index in [9.17, 15) is 20.0 Å². The van der Waals surface area contributed by atoms with Crippen LogP contribution < -0.4 is 10.7 Å². The number of likely N-dealkylation sites (tertiary alicyclic amines) is 1.